The monoisotopic (exact) mass is 557 g/mol. The van der Waals surface area contributed by atoms with Gasteiger partial charge < -0.3 is 15.4 Å². The zero-order valence-corrected chi connectivity index (χ0v) is 23.1. The summed E-state index contributed by atoms with van der Waals surface area (Å²) in [5.74, 6) is -0.378. The third-order valence-corrected chi connectivity index (χ3v) is 8.04. The van der Waals surface area contributed by atoms with Crippen LogP contribution in [0.25, 0.3) is 0 Å². The van der Waals surface area contributed by atoms with Crippen LogP contribution in [0.2, 0.25) is 0 Å². The van der Waals surface area contributed by atoms with Crippen molar-refractivity contribution in [1.29, 1.82) is 0 Å². The summed E-state index contributed by atoms with van der Waals surface area (Å²) in [6.45, 7) is 1.67. The Morgan fingerprint density at radius 2 is 1.50 bits per heavy atom. The van der Waals surface area contributed by atoms with Gasteiger partial charge in [0, 0.05) is 6.54 Å². The fourth-order valence-electron chi connectivity index (χ4n) is 4.22. The summed E-state index contributed by atoms with van der Waals surface area (Å²) < 4.78 is 33.8. The first-order valence-electron chi connectivity index (χ1n) is 12.7. The van der Waals surface area contributed by atoms with Crippen molar-refractivity contribution in [2.24, 2.45) is 0 Å². The van der Waals surface area contributed by atoms with Crippen LogP contribution in [-0.4, -0.2) is 40.4 Å². The molecule has 0 saturated carbocycles. The lowest BCUT2D eigenvalue weighted by atomic mass is 10.1. The molecule has 0 bridgehead atoms. The number of hydrogen-bond acceptors (Lipinski definition) is 5. The molecule has 2 N–H and O–H groups in total. The number of hydrogen-bond donors (Lipinski definition) is 2. The third-order valence-electron chi connectivity index (χ3n) is 6.27. The molecule has 206 valence electrons. The number of carbonyl (C=O) groups excluding carboxylic acids is 2. The predicted molar refractivity (Wildman–Crippen MR) is 156 cm³/mol. The van der Waals surface area contributed by atoms with E-state index in [2.05, 4.69) is 10.6 Å². The van der Waals surface area contributed by atoms with E-state index in [4.69, 9.17) is 4.74 Å². The molecule has 0 spiro atoms. The van der Waals surface area contributed by atoms with Gasteiger partial charge in [0.2, 0.25) is 5.91 Å². The van der Waals surface area contributed by atoms with Gasteiger partial charge in [-0.15, -0.1) is 0 Å². The predicted octanol–water partition coefficient (Wildman–Crippen LogP) is 4.81. The molecular weight excluding hydrogens is 526 g/mol. The lowest BCUT2D eigenvalue weighted by molar-refractivity contribution is -0.114. The van der Waals surface area contributed by atoms with Crippen molar-refractivity contribution in [2.75, 3.05) is 29.8 Å². The highest BCUT2D eigenvalue weighted by molar-refractivity contribution is 7.92. The number of carbonyl (C=O) groups is 2. The number of para-hydroxylation sites is 2. The fraction of sp³-hybridized carbons (Fsp3) is 0.161. The lowest BCUT2D eigenvalue weighted by Gasteiger charge is -2.24. The van der Waals surface area contributed by atoms with Crippen molar-refractivity contribution >= 4 is 33.2 Å². The van der Waals surface area contributed by atoms with E-state index in [9.17, 15) is 18.0 Å². The number of methoxy groups -OCH3 is 1. The minimum atomic E-state index is -4.12. The summed E-state index contributed by atoms with van der Waals surface area (Å²) in [6.07, 6.45) is 0.663. The minimum Gasteiger partial charge on any atom is -0.496 e. The Hall–Kier alpha value is -4.63. The van der Waals surface area contributed by atoms with E-state index in [1.807, 2.05) is 30.3 Å². The molecule has 4 aromatic rings. The van der Waals surface area contributed by atoms with Gasteiger partial charge in [-0.1, -0.05) is 60.7 Å². The molecule has 2 amide bonds. The van der Waals surface area contributed by atoms with Crippen molar-refractivity contribution in [3.8, 4) is 5.75 Å². The number of ether oxygens (including phenoxy) is 1. The normalized spacial score (nSPS) is 10.9. The Morgan fingerprint density at radius 3 is 2.17 bits per heavy atom. The maximum absolute atomic E-state index is 13.7. The number of nitrogens with one attached hydrogen (secondary N) is 2. The number of benzene rings is 4. The average Bonchev–Trinajstić information content (AvgIpc) is 2.97. The maximum Gasteiger partial charge on any atom is 0.264 e. The number of amides is 2. The Morgan fingerprint density at radius 1 is 0.850 bits per heavy atom. The Labute approximate surface area is 234 Å². The lowest BCUT2D eigenvalue weighted by Crippen LogP contribution is -2.38. The number of rotatable bonds is 11. The molecule has 0 aliphatic rings. The second kappa shape index (κ2) is 12.9. The van der Waals surface area contributed by atoms with Crippen LogP contribution in [0.4, 0.5) is 11.4 Å². The first-order valence-corrected chi connectivity index (χ1v) is 14.2. The van der Waals surface area contributed by atoms with Crippen LogP contribution < -0.4 is 19.7 Å². The van der Waals surface area contributed by atoms with Gasteiger partial charge in [-0.05, 0) is 66.9 Å². The van der Waals surface area contributed by atoms with Crippen molar-refractivity contribution in [2.45, 2.75) is 18.2 Å². The van der Waals surface area contributed by atoms with E-state index in [1.165, 1.54) is 19.2 Å². The summed E-state index contributed by atoms with van der Waals surface area (Å²) in [4.78, 5) is 26.2. The standard InChI is InChI=1S/C31H31N3O5S/c1-23-21-26(17-18-29(23)39-2)40(37,38)34(25-13-7-4-8-14-25)22-30(35)33-28-16-10-9-15-27(28)31(36)32-20-19-24-11-5-3-6-12-24/h3-18,21H,19-20,22H2,1-2H3,(H,32,36)(H,33,35). The summed E-state index contributed by atoms with van der Waals surface area (Å²) in [6, 6.07) is 29.3. The van der Waals surface area contributed by atoms with Gasteiger partial charge in [0.15, 0.2) is 0 Å². The van der Waals surface area contributed by atoms with Crippen LogP contribution in [-0.2, 0) is 21.2 Å². The molecule has 8 nitrogen and oxygen atoms in total. The molecule has 0 saturated heterocycles. The molecule has 4 aromatic carbocycles. The quantitative estimate of drug-likeness (QED) is 0.275. The highest BCUT2D eigenvalue weighted by Gasteiger charge is 2.28. The molecule has 9 heteroatoms. The van der Waals surface area contributed by atoms with Crippen LogP contribution in [0.5, 0.6) is 5.75 Å². The molecule has 0 aromatic heterocycles. The van der Waals surface area contributed by atoms with E-state index in [0.717, 1.165) is 9.87 Å². The van der Waals surface area contributed by atoms with Crippen molar-refractivity contribution in [3.63, 3.8) is 0 Å². The van der Waals surface area contributed by atoms with Crippen LogP contribution in [0.15, 0.2) is 108 Å². The molecule has 4 rings (SSSR count). The largest absolute Gasteiger partial charge is 0.496 e. The van der Waals surface area contributed by atoms with Gasteiger partial charge in [-0.3, -0.25) is 13.9 Å². The zero-order chi connectivity index (χ0) is 28.5. The van der Waals surface area contributed by atoms with E-state index in [-0.39, 0.29) is 22.1 Å². The van der Waals surface area contributed by atoms with E-state index < -0.39 is 22.5 Å². The zero-order valence-electron chi connectivity index (χ0n) is 22.3. The highest BCUT2D eigenvalue weighted by Crippen LogP contribution is 2.27. The van der Waals surface area contributed by atoms with Gasteiger partial charge in [-0.25, -0.2) is 8.42 Å². The summed E-state index contributed by atoms with van der Waals surface area (Å²) in [7, 11) is -2.60. The fourth-order valence-corrected chi connectivity index (χ4v) is 5.73. The van der Waals surface area contributed by atoms with Crippen molar-refractivity contribution < 1.29 is 22.7 Å². The smallest absolute Gasteiger partial charge is 0.264 e. The molecule has 0 aliphatic heterocycles. The topological polar surface area (TPSA) is 105 Å². The molecule has 0 radical (unpaired) electrons. The molecule has 40 heavy (non-hydrogen) atoms. The summed E-state index contributed by atoms with van der Waals surface area (Å²) in [5, 5.41) is 5.61. The Kier molecular flexibility index (Phi) is 9.19. The minimum absolute atomic E-state index is 0.0284. The molecule has 0 fully saturated rings. The molecule has 0 aliphatic carbocycles. The first-order chi connectivity index (χ1) is 19.3. The summed E-state index contributed by atoms with van der Waals surface area (Å²) in [5.41, 5.74) is 2.64. The van der Waals surface area contributed by atoms with Gasteiger partial charge >= 0.3 is 0 Å². The maximum atomic E-state index is 13.7. The van der Waals surface area contributed by atoms with Crippen molar-refractivity contribution in [3.05, 3.63) is 120 Å². The molecular formula is C31H31N3O5S. The molecule has 0 atom stereocenters. The Balaban J connectivity index is 1.52. The van der Waals surface area contributed by atoms with Gasteiger partial charge in [0.05, 0.1) is 28.9 Å². The van der Waals surface area contributed by atoms with E-state index >= 15 is 0 Å². The van der Waals surface area contributed by atoms with Gasteiger partial charge in [-0.2, -0.15) is 0 Å². The highest BCUT2D eigenvalue weighted by atomic mass is 32.2. The number of sulfonamides is 1. The summed E-state index contributed by atoms with van der Waals surface area (Å²) >= 11 is 0. The Bertz CT molecular complexity index is 1580. The SMILES string of the molecule is COc1ccc(S(=O)(=O)N(CC(=O)Nc2ccccc2C(=O)NCCc2ccccc2)c2ccccc2)cc1C. The van der Waals surface area contributed by atoms with Crippen LogP contribution >= 0.6 is 0 Å². The number of aryl methyl sites for hydroxylation is 1. The second-order valence-electron chi connectivity index (χ2n) is 9.06. The average molecular weight is 558 g/mol. The number of anilines is 2. The second-order valence-corrected chi connectivity index (χ2v) is 10.9. The number of nitrogens with zero attached hydrogens (tertiary/aromatic N) is 1. The van der Waals surface area contributed by atoms with Crippen LogP contribution in [0, 0.1) is 6.92 Å². The molecule has 0 heterocycles. The van der Waals surface area contributed by atoms with Crippen LogP contribution in [0.3, 0.4) is 0 Å². The van der Waals surface area contributed by atoms with E-state index in [0.29, 0.717) is 30.0 Å². The van der Waals surface area contributed by atoms with Crippen molar-refractivity contribution in [1.82, 2.24) is 5.32 Å². The van der Waals surface area contributed by atoms with E-state index in [1.54, 1.807) is 67.6 Å². The van der Waals surface area contributed by atoms with Gasteiger partial charge in [0.1, 0.15) is 12.3 Å². The van der Waals surface area contributed by atoms with Gasteiger partial charge in [0.25, 0.3) is 15.9 Å². The van der Waals surface area contributed by atoms with Crippen LogP contribution in [0.1, 0.15) is 21.5 Å². The molecule has 0 unspecified atom stereocenters. The first kappa shape index (κ1) is 28.4. The third kappa shape index (κ3) is 6.86.